The molecule has 0 saturated heterocycles. The topological polar surface area (TPSA) is 27.1 Å². The lowest BCUT2D eigenvalue weighted by atomic mass is 9.84. The van der Waals surface area contributed by atoms with Gasteiger partial charge in [0.05, 0.1) is 13.2 Å². The lowest BCUT2D eigenvalue weighted by Crippen LogP contribution is -2.14. The van der Waals surface area contributed by atoms with Gasteiger partial charge in [-0.05, 0) is 41.9 Å². The van der Waals surface area contributed by atoms with Crippen LogP contribution in [-0.4, -0.2) is 16.4 Å². The number of hydrogen-bond acceptors (Lipinski definition) is 2. The molecular weight excluding hydrogens is 367 g/mol. The average Bonchev–Trinajstić information content (AvgIpc) is 2.92. The van der Waals surface area contributed by atoms with Crippen molar-refractivity contribution in [3.05, 3.63) is 45.6 Å². The maximum Gasteiger partial charge on any atom is 0.233 e. The van der Waals surface area contributed by atoms with E-state index in [0.29, 0.717) is 35.0 Å². The fourth-order valence-electron chi connectivity index (χ4n) is 3.16. The van der Waals surface area contributed by atoms with Crippen molar-refractivity contribution in [3.8, 4) is 5.88 Å². The first-order chi connectivity index (χ1) is 12.2. The van der Waals surface area contributed by atoms with Crippen molar-refractivity contribution in [1.82, 2.24) is 9.78 Å². The van der Waals surface area contributed by atoms with Crippen LogP contribution >= 0.6 is 23.2 Å². The van der Waals surface area contributed by atoms with Gasteiger partial charge in [-0.3, -0.25) is 4.68 Å². The molecule has 0 amide bonds. The van der Waals surface area contributed by atoms with Crippen molar-refractivity contribution in [1.29, 1.82) is 0 Å². The van der Waals surface area contributed by atoms with E-state index in [1.165, 1.54) is 5.69 Å². The van der Waals surface area contributed by atoms with Crippen LogP contribution in [0.1, 0.15) is 71.1 Å². The maximum absolute atomic E-state index is 6.37. The van der Waals surface area contributed by atoms with Crippen molar-refractivity contribution >= 4 is 23.2 Å². The van der Waals surface area contributed by atoms with Gasteiger partial charge in [0.15, 0.2) is 0 Å². The Labute approximate surface area is 167 Å². The first-order valence-electron chi connectivity index (χ1n) is 9.34. The summed E-state index contributed by atoms with van der Waals surface area (Å²) in [4.78, 5) is 0. The van der Waals surface area contributed by atoms with Crippen LogP contribution in [0.2, 0.25) is 10.0 Å². The van der Waals surface area contributed by atoms with E-state index in [4.69, 9.17) is 33.0 Å². The minimum atomic E-state index is 0.246. The van der Waals surface area contributed by atoms with Crippen LogP contribution in [0.5, 0.6) is 5.88 Å². The van der Waals surface area contributed by atoms with Gasteiger partial charge >= 0.3 is 0 Å². The summed E-state index contributed by atoms with van der Waals surface area (Å²) in [5, 5.41) is 6.00. The first kappa shape index (κ1) is 21.1. The molecule has 3 nitrogen and oxygen atoms in total. The molecule has 0 radical (unpaired) electrons. The number of unbranched alkanes of at least 4 members (excludes halogenated alkanes) is 1. The molecular formula is C21H30Cl2N2O. The zero-order chi connectivity index (χ0) is 19.3. The predicted molar refractivity (Wildman–Crippen MR) is 111 cm³/mol. The van der Waals surface area contributed by atoms with Crippen LogP contribution in [0.25, 0.3) is 0 Å². The molecule has 0 aliphatic carbocycles. The number of rotatable bonds is 8. The summed E-state index contributed by atoms with van der Waals surface area (Å²) >= 11 is 12.4. The minimum Gasteiger partial charge on any atom is -0.477 e. The second kappa shape index (κ2) is 9.14. The van der Waals surface area contributed by atoms with E-state index in [-0.39, 0.29) is 5.41 Å². The Morgan fingerprint density at radius 1 is 1.19 bits per heavy atom. The Kier molecular flexibility index (Phi) is 7.42. The SMILES string of the molecule is CCCCOc1cc(C(C)CC(C)(C)C)n(Cc2ccc(Cl)cc2Cl)n1. The Hall–Kier alpha value is -1.19. The number of aromatic nitrogens is 2. The number of halogens is 2. The van der Waals surface area contributed by atoms with Gasteiger partial charge in [0.25, 0.3) is 0 Å². The van der Waals surface area contributed by atoms with Gasteiger partial charge < -0.3 is 4.74 Å². The van der Waals surface area contributed by atoms with E-state index in [2.05, 4.69) is 40.7 Å². The highest BCUT2D eigenvalue weighted by molar-refractivity contribution is 6.35. The average molecular weight is 397 g/mol. The Balaban J connectivity index is 2.28. The minimum absolute atomic E-state index is 0.246. The molecule has 1 aromatic heterocycles. The Morgan fingerprint density at radius 2 is 1.92 bits per heavy atom. The largest absolute Gasteiger partial charge is 0.477 e. The third-order valence-corrected chi connectivity index (χ3v) is 4.88. The van der Waals surface area contributed by atoms with Crippen LogP contribution < -0.4 is 4.74 Å². The molecule has 0 bridgehead atoms. The number of nitrogens with zero attached hydrogens (tertiary/aromatic N) is 2. The van der Waals surface area contributed by atoms with Crippen LogP contribution in [0, 0.1) is 5.41 Å². The Bertz CT molecular complexity index is 719. The zero-order valence-electron chi connectivity index (χ0n) is 16.5. The summed E-state index contributed by atoms with van der Waals surface area (Å²) < 4.78 is 7.87. The van der Waals surface area contributed by atoms with Crippen molar-refractivity contribution in [2.24, 2.45) is 5.41 Å². The molecule has 1 atom stereocenters. The number of ether oxygens (including phenoxy) is 1. The van der Waals surface area contributed by atoms with Crippen LogP contribution in [0.15, 0.2) is 24.3 Å². The second-order valence-corrected chi connectivity index (χ2v) is 9.01. The smallest absolute Gasteiger partial charge is 0.233 e. The molecule has 2 aromatic rings. The summed E-state index contributed by atoms with van der Waals surface area (Å²) in [6.07, 6.45) is 3.21. The quantitative estimate of drug-likeness (QED) is 0.450. The molecule has 0 fully saturated rings. The van der Waals surface area contributed by atoms with Gasteiger partial charge in [0.2, 0.25) is 5.88 Å². The summed E-state index contributed by atoms with van der Waals surface area (Å²) in [6, 6.07) is 7.68. The van der Waals surface area contributed by atoms with Crippen molar-refractivity contribution in [2.75, 3.05) is 6.61 Å². The van der Waals surface area contributed by atoms with Crippen LogP contribution in [0.4, 0.5) is 0 Å². The molecule has 0 saturated carbocycles. The summed E-state index contributed by atoms with van der Waals surface area (Å²) in [7, 11) is 0. The second-order valence-electron chi connectivity index (χ2n) is 8.17. The van der Waals surface area contributed by atoms with E-state index in [1.54, 1.807) is 6.07 Å². The van der Waals surface area contributed by atoms with E-state index in [0.717, 1.165) is 24.8 Å². The molecule has 1 aromatic carbocycles. The molecule has 0 aliphatic heterocycles. The standard InChI is InChI=1S/C21H30Cl2N2O/c1-6-7-10-26-20-12-19(15(2)13-21(3,4)5)25(24-20)14-16-8-9-17(22)11-18(16)23/h8-9,11-12,15H,6-7,10,13-14H2,1-5H3. The van der Waals surface area contributed by atoms with Crippen LogP contribution in [0.3, 0.4) is 0 Å². The molecule has 2 rings (SSSR count). The molecule has 1 heterocycles. The third kappa shape index (κ3) is 6.21. The predicted octanol–water partition coefficient (Wildman–Crippen LogP) is 6.96. The van der Waals surface area contributed by atoms with Gasteiger partial charge in [-0.2, -0.15) is 0 Å². The summed E-state index contributed by atoms with van der Waals surface area (Å²) in [6.45, 7) is 12.5. The van der Waals surface area contributed by atoms with Gasteiger partial charge in [-0.25, -0.2) is 0 Å². The van der Waals surface area contributed by atoms with Gasteiger partial charge in [-0.1, -0.05) is 70.3 Å². The Morgan fingerprint density at radius 3 is 2.54 bits per heavy atom. The molecule has 0 aliphatic rings. The summed E-state index contributed by atoms with van der Waals surface area (Å²) in [5.41, 5.74) is 2.43. The molecule has 5 heteroatoms. The van der Waals surface area contributed by atoms with Crippen molar-refractivity contribution in [2.45, 2.75) is 66.3 Å². The molecule has 0 spiro atoms. The van der Waals surface area contributed by atoms with Gasteiger partial charge in [0.1, 0.15) is 0 Å². The lowest BCUT2D eigenvalue weighted by Gasteiger charge is -2.23. The normalized spacial score (nSPS) is 13.0. The number of benzene rings is 1. The highest BCUT2D eigenvalue weighted by atomic mass is 35.5. The fourth-order valence-corrected chi connectivity index (χ4v) is 3.62. The summed E-state index contributed by atoms with van der Waals surface area (Å²) in [5.74, 6) is 1.07. The molecule has 1 unspecified atom stereocenters. The van der Waals surface area contributed by atoms with E-state index in [1.807, 2.05) is 16.8 Å². The van der Waals surface area contributed by atoms with Gasteiger partial charge in [0, 0.05) is 21.8 Å². The number of hydrogen-bond donors (Lipinski definition) is 0. The van der Waals surface area contributed by atoms with E-state index < -0.39 is 0 Å². The highest BCUT2D eigenvalue weighted by Gasteiger charge is 2.21. The molecule has 0 N–H and O–H groups in total. The molecule has 26 heavy (non-hydrogen) atoms. The monoisotopic (exact) mass is 396 g/mol. The first-order valence-corrected chi connectivity index (χ1v) is 10.1. The third-order valence-electron chi connectivity index (χ3n) is 4.30. The van der Waals surface area contributed by atoms with E-state index in [9.17, 15) is 0 Å². The lowest BCUT2D eigenvalue weighted by molar-refractivity contribution is 0.294. The fraction of sp³-hybridized carbons (Fsp3) is 0.571. The maximum atomic E-state index is 6.37. The van der Waals surface area contributed by atoms with Crippen molar-refractivity contribution < 1.29 is 4.74 Å². The van der Waals surface area contributed by atoms with E-state index >= 15 is 0 Å². The van der Waals surface area contributed by atoms with Gasteiger partial charge in [-0.15, -0.1) is 5.10 Å². The highest BCUT2D eigenvalue weighted by Crippen LogP contribution is 2.33. The zero-order valence-corrected chi connectivity index (χ0v) is 18.0. The van der Waals surface area contributed by atoms with Crippen LogP contribution in [-0.2, 0) is 6.54 Å². The van der Waals surface area contributed by atoms with Crippen molar-refractivity contribution in [3.63, 3.8) is 0 Å². The molecule has 144 valence electrons.